The lowest BCUT2D eigenvalue weighted by Gasteiger charge is -2.06. The highest BCUT2D eigenvalue weighted by Gasteiger charge is 2.07. The van der Waals surface area contributed by atoms with E-state index in [1.807, 2.05) is 29.7 Å². The summed E-state index contributed by atoms with van der Waals surface area (Å²) in [6.45, 7) is 1.88. The lowest BCUT2D eigenvalue weighted by Crippen LogP contribution is -1.97. The third-order valence-corrected chi connectivity index (χ3v) is 3.13. The first-order valence-electron chi connectivity index (χ1n) is 4.19. The van der Waals surface area contributed by atoms with Gasteiger partial charge in [0.25, 0.3) is 0 Å². The van der Waals surface area contributed by atoms with Crippen molar-refractivity contribution < 1.29 is 0 Å². The molecule has 0 saturated heterocycles. The Morgan fingerprint density at radius 1 is 1.53 bits per heavy atom. The van der Waals surface area contributed by atoms with Crippen LogP contribution in [0.1, 0.15) is 5.82 Å². The van der Waals surface area contributed by atoms with E-state index < -0.39 is 0 Å². The van der Waals surface area contributed by atoms with Gasteiger partial charge in [0, 0.05) is 9.50 Å². The molecule has 0 spiro atoms. The lowest BCUT2D eigenvalue weighted by molar-refractivity contribution is 0.959. The molecule has 0 fully saturated rings. The molecule has 2 aromatic rings. The zero-order valence-corrected chi connectivity index (χ0v) is 10.9. The van der Waals surface area contributed by atoms with Crippen LogP contribution < -0.4 is 0 Å². The Kier molecular flexibility index (Phi) is 2.95. The normalized spacial score (nSPS) is 10.6. The van der Waals surface area contributed by atoms with Crippen molar-refractivity contribution in [2.24, 2.45) is 0 Å². The standard InChI is InChI=1S/C9H7BrClN3S/c1-5-12-13-9(15)14(5)8-3-2-6(11)4-7(8)10/h2-4H,1H3,(H,13,15). The summed E-state index contributed by atoms with van der Waals surface area (Å²) in [5.41, 5.74) is 0.927. The van der Waals surface area contributed by atoms with Crippen LogP contribution in [0.3, 0.4) is 0 Å². The fraction of sp³-hybridized carbons (Fsp3) is 0.111. The third kappa shape index (κ3) is 2.00. The SMILES string of the molecule is Cc1n[nH]c(=S)n1-c1ccc(Cl)cc1Br. The summed E-state index contributed by atoms with van der Waals surface area (Å²) in [6, 6.07) is 5.53. The molecule has 2 rings (SSSR count). The quantitative estimate of drug-likeness (QED) is 0.816. The number of aromatic nitrogens is 3. The van der Waals surface area contributed by atoms with E-state index in [9.17, 15) is 0 Å². The van der Waals surface area contributed by atoms with Gasteiger partial charge < -0.3 is 0 Å². The maximum absolute atomic E-state index is 5.87. The van der Waals surface area contributed by atoms with Crippen molar-refractivity contribution >= 4 is 39.7 Å². The minimum Gasteiger partial charge on any atom is -0.271 e. The molecule has 0 aliphatic carbocycles. The molecule has 15 heavy (non-hydrogen) atoms. The Labute approximate surface area is 105 Å². The molecule has 0 amide bonds. The van der Waals surface area contributed by atoms with Gasteiger partial charge in [-0.3, -0.25) is 9.67 Å². The van der Waals surface area contributed by atoms with Gasteiger partial charge in [-0.1, -0.05) is 11.6 Å². The Morgan fingerprint density at radius 3 is 2.80 bits per heavy atom. The zero-order valence-electron chi connectivity index (χ0n) is 7.79. The van der Waals surface area contributed by atoms with E-state index in [0.717, 1.165) is 16.0 Å². The van der Waals surface area contributed by atoms with Gasteiger partial charge in [0.15, 0.2) is 4.77 Å². The van der Waals surface area contributed by atoms with Gasteiger partial charge in [-0.25, -0.2) is 0 Å². The smallest absolute Gasteiger partial charge is 0.199 e. The average molecular weight is 305 g/mol. The van der Waals surface area contributed by atoms with Crippen LogP contribution in [0.4, 0.5) is 0 Å². The van der Waals surface area contributed by atoms with Crippen molar-refractivity contribution in [3.63, 3.8) is 0 Å². The van der Waals surface area contributed by atoms with Crippen molar-refractivity contribution in [2.75, 3.05) is 0 Å². The first kappa shape index (κ1) is 10.9. The summed E-state index contributed by atoms with van der Waals surface area (Å²) in [7, 11) is 0. The van der Waals surface area contributed by atoms with E-state index in [0.29, 0.717) is 9.79 Å². The minimum absolute atomic E-state index is 0.565. The predicted octanol–water partition coefficient (Wildman–Crippen LogP) is 3.65. The van der Waals surface area contributed by atoms with Gasteiger partial charge >= 0.3 is 0 Å². The second-order valence-electron chi connectivity index (χ2n) is 3.01. The zero-order chi connectivity index (χ0) is 11.0. The van der Waals surface area contributed by atoms with Gasteiger partial charge in [0.05, 0.1) is 5.69 Å². The molecule has 0 atom stereocenters. The van der Waals surface area contributed by atoms with Gasteiger partial charge in [0.2, 0.25) is 0 Å². The largest absolute Gasteiger partial charge is 0.271 e. The van der Waals surface area contributed by atoms with Crippen LogP contribution in [0, 0.1) is 11.7 Å². The fourth-order valence-electron chi connectivity index (χ4n) is 1.32. The molecule has 0 saturated carbocycles. The highest BCUT2D eigenvalue weighted by molar-refractivity contribution is 9.10. The molecule has 1 heterocycles. The van der Waals surface area contributed by atoms with Crippen LogP contribution in [-0.2, 0) is 0 Å². The second kappa shape index (κ2) is 4.08. The van der Waals surface area contributed by atoms with Crippen molar-refractivity contribution in [1.29, 1.82) is 0 Å². The molecule has 1 aromatic heterocycles. The molecule has 1 aromatic carbocycles. The summed E-state index contributed by atoms with van der Waals surface area (Å²) in [4.78, 5) is 0. The van der Waals surface area contributed by atoms with Crippen LogP contribution >= 0.6 is 39.7 Å². The van der Waals surface area contributed by atoms with Crippen LogP contribution in [0.25, 0.3) is 5.69 Å². The van der Waals surface area contributed by atoms with Gasteiger partial charge in [-0.2, -0.15) is 5.10 Å². The maximum Gasteiger partial charge on any atom is 0.199 e. The summed E-state index contributed by atoms with van der Waals surface area (Å²) in [5.74, 6) is 0.808. The summed E-state index contributed by atoms with van der Waals surface area (Å²) >= 11 is 14.5. The second-order valence-corrected chi connectivity index (χ2v) is 4.68. The highest BCUT2D eigenvalue weighted by atomic mass is 79.9. The lowest BCUT2D eigenvalue weighted by atomic mass is 10.3. The molecule has 0 aliphatic rings. The topological polar surface area (TPSA) is 33.6 Å². The van der Waals surface area contributed by atoms with Crippen molar-refractivity contribution in [2.45, 2.75) is 6.92 Å². The predicted molar refractivity (Wildman–Crippen MR) is 66.2 cm³/mol. The molecule has 3 nitrogen and oxygen atoms in total. The molecule has 0 unspecified atom stereocenters. The molecular formula is C9H7BrClN3S. The van der Waals surface area contributed by atoms with Gasteiger partial charge in [-0.05, 0) is 53.3 Å². The summed E-state index contributed by atoms with van der Waals surface area (Å²) in [5, 5.41) is 7.47. The van der Waals surface area contributed by atoms with E-state index in [4.69, 9.17) is 23.8 Å². The third-order valence-electron chi connectivity index (χ3n) is 1.99. The van der Waals surface area contributed by atoms with Crippen molar-refractivity contribution in [3.05, 3.63) is 38.3 Å². The van der Waals surface area contributed by atoms with Crippen LogP contribution in [0.5, 0.6) is 0 Å². The van der Waals surface area contributed by atoms with Crippen LogP contribution in [-0.4, -0.2) is 14.8 Å². The maximum atomic E-state index is 5.87. The molecular weight excluding hydrogens is 298 g/mol. The number of H-pyrrole nitrogens is 1. The minimum atomic E-state index is 0.565. The van der Waals surface area contributed by atoms with Gasteiger partial charge in [0.1, 0.15) is 5.82 Å². The Balaban J connectivity index is 2.69. The fourth-order valence-corrected chi connectivity index (χ4v) is 2.46. The first-order valence-corrected chi connectivity index (χ1v) is 5.77. The molecule has 6 heteroatoms. The Morgan fingerprint density at radius 2 is 2.27 bits per heavy atom. The number of aryl methyl sites for hydroxylation is 1. The van der Waals surface area contributed by atoms with Crippen LogP contribution in [0.2, 0.25) is 5.02 Å². The molecule has 1 N–H and O–H groups in total. The number of halogens is 2. The number of nitrogens with zero attached hydrogens (tertiary/aromatic N) is 2. The van der Waals surface area contributed by atoms with Crippen LogP contribution in [0.15, 0.2) is 22.7 Å². The average Bonchev–Trinajstić information content (AvgIpc) is 2.48. The van der Waals surface area contributed by atoms with E-state index in [2.05, 4.69) is 26.1 Å². The van der Waals surface area contributed by atoms with E-state index >= 15 is 0 Å². The van der Waals surface area contributed by atoms with Crippen molar-refractivity contribution in [3.8, 4) is 5.69 Å². The first-order chi connectivity index (χ1) is 7.09. The summed E-state index contributed by atoms with van der Waals surface area (Å²) in [6.07, 6.45) is 0. The Bertz CT molecular complexity index is 561. The highest BCUT2D eigenvalue weighted by Crippen LogP contribution is 2.25. The monoisotopic (exact) mass is 303 g/mol. The summed E-state index contributed by atoms with van der Waals surface area (Å²) < 4.78 is 3.29. The van der Waals surface area contributed by atoms with E-state index in [1.165, 1.54) is 0 Å². The van der Waals surface area contributed by atoms with Gasteiger partial charge in [-0.15, -0.1) is 0 Å². The van der Waals surface area contributed by atoms with E-state index in [-0.39, 0.29) is 0 Å². The number of benzene rings is 1. The van der Waals surface area contributed by atoms with E-state index in [1.54, 1.807) is 0 Å². The molecule has 78 valence electrons. The van der Waals surface area contributed by atoms with Crippen molar-refractivity contribution in [1.82, 2.24) is 14.8 Å². The molecule has 0 radical (unpaired) electrons. The Hall–Kier alpha value is -0.650. The number of hydrogen-bond acceptors (Lipinski definition) is 2. The number of nitrogens with one attached hydrogen (secondary N) is 1. The number of aromatic amines is 1. The number of rotatable bonds is 1. The number of hydrogen-bond donors (Lipinski definition) is 1. The molecule has 0 aliphatic heterocycles. The molecule has 0 bridgehead atoms.